The molecular formula is C35H40N4O4. The Morgan fingerprint density at radius 1 is 0.674 bits per heavy atom. The van der Waals surface area contributed by atoms with Crippen LogP contribution in [0.1, 0.15) is 63.1 Å². The number of nitrogens with zero attached hydrogens (tertiary/aromatic N) is 4. The number of hydrazone groups is 2. The Morgan fingerprint density at radius 3 is 1.60 bits per heavy atom. The van der Waals surface area contributed by atoms with Gasteiger partial charge in [-0.2, -0.15) is 10.2 Å². The van der Waals surface area contributed by atoms with Gasteiger partial charge in [0, 0.05) is 23.4 Å². The number of ether oxygens (including phenoxy) is 2. The molecule has 0 fully saturated rings. The summed E-state index contributed by atoms with van der Waals surface area (Å²) in [6.45, 7) is 12.9. The molecule has 5 rings (SSSR count). The fourth-order valence-corrected chi connectivity index (χ4v) is 5.72. The Balaban J connectivity index is 1.61. The molecule has 0 bridgehead atoms. The quantitative estimate of drug-likeness (QED) is 0.243. The van der Waals surface area contributed by atoms with Crippen LogP contribution in [0.25, 0.3) is 0 Å². The molecule has 3 aromatic rings. The number of benzene rings is 3. The first kappa shape index (κ1) is 30.0. The summed E-state index contributed by atoms with van der Waals surface area (Å²) in [5.41, 5.74) is 5.59. The van der Waals surface area contributed by atoms with E-state index in [1.54, 1.807) is 0 Å². The van der Waals surface area contributed by atoms with Crippen LogP contribution in [0.5, 0.6) is 11.5 Å². The average Bonchev–Trinajstić information content (AvgIpc) is 3.46. The van der Waals surface area contributed by atoms with Gasteiger partial charge in [-0.3, -0.25) is 9.59 Å². The maximum absolute atomic E-state index is 14.3. The maximum atomic E-state index is 14.3. The molecule has 0 saturated heterocycles. The Bertz CT molecular complexity index is 1460. The van der Waals surface area contributed by atoms with Crippen molar-refractivity contribution >= 4 is 34.6 Å². The van der Waals surface area contributed by atoms with Gasteiger partial charge >= 0.3 is 0 Å². The minimum atomic E-state index is -0.704. The van der Waals surface area contributed by atoms with Crippen LogP contribution in [0.2, 0.25) is 0 Å². The number of carbonyl (C=O) groups excluding carboxylic acids is 2. The van der Waals surface area contributed by atoms with Crippen LogP contribution in [-0.2, 0) is 9.59 Å². The molecule has 0 N–H and O–H groups in total. The number of aryl methyl sites for hydroxylation is 2. The lowest BCUT2D eigenvalue weighted by molar-refractivity contribution is -0.122. The van der Waals surface area contributed by atoms with Gasteiger partial charge in [0.25, 0.3) is 11.8 Å². The highest BCUT2D eigenvalue weighted by Gasteiger charge is 2.51. The molecule has 2 heterocycles. The fourth-order valence-electron chi connectivity index (χ4n) is 5.72. The van der Waals surface area contributed by atoms with E-state index >= 15 is 0 Å². The zero-order valence-corrected chi connectivity index (χ0v) is 25.8. The summed E-state index contributed by atoms with van der Waals surface area (Å²) in [4.78, 5) is 28.6. The molecule has 0 aliphatic carbocycles. The Morgan fingerprint density at radius 2 is 1.14 bits per heavy atom. The lowest BCUT2D eigenvalue weighted by atomic mass is 9.72. The second kappa shape index (κ2) is 12.8. The lowest BCUT2D eigenvalue weighted by Gasteiger charge is -2.30. The van der Waals surface area contributed by atoms with Gasteiger partial charge in [-0.1, -0.05) is 55.3 Å². The summed E-state index contributed by atoms with van der Waals surface area (Å²) in [5, 5.41) is 12.4. The monoisotopic (exact) mass is 580 g/mol. The van der Waals surface area contributed by atoms with E-state index in [1.807, 2.05) is 101 Å². The molecule has 2 atom stereocenters. The predicted octanol–water partition coefficient (Wildman–Crippen LogP) is 7.04. The first-order chi connectivity index (χ1) is 20.7. The van der Waals surface area contributed by atoms with Gasteiger partial charge in [0.2, 0.25) is 0 Å². The molecule has 0 saturated carbocycles. The van der Waals surface area contributed by atoms with Gasteiger partial charge in [-0.25, -0.2) is 10.0 Å². The highest BCUT2D eigenvalue weighted by Crippen LogP contribution is 2.46. The molecule has 8 heteroatoms. The Labute approximate surface area is 254 Å². The van der Waals surface area contributed by atoms with Crippen LogP contribution in [0.3, 0.4) is 0 Å². The second-order valence-corrected chi connectivity index (χ2v) is 11.3. The standard InChI is InChI=1S/C35H40N4O4/c1-7-19-42-28-17-18-29(30(21-28)43-20-8-2)33(31-24(5)36-38(34(31)40)26-13-9-22(3)10-14-26)32-25(6)37-39(35(32)41)27-15-11-23(4)12-16-27/h9-18,21,31-33H,7-8,19-20H2,1-6H3. The van der Waals surface area contributed by atoms with Crippen molar-refractivity contribution in [3.05, 3.63) is 83.4 Å². The predicted molar refractivity (Wildman–Crippen MR) is 171 cm³/mol. The van der Waals surface area contributed by atoms with E-state index in [9.17, 15) is 9.59 Å². The first-order valence-corrected chi connectivity index (χ1v) is 15.0. The number of anilines is 2. The highest BCUT2D eigenvalue weighted by atomic mass is 16.5. The van der Waals surface area contributed by atoms with Gasteiger partial charge in [0.05, 0.1) is 36.4 Å². The summed E-state index contributed by atoms with van der Waals surface area (Å²) in [6.07, 6.45) is 1.68. The van der Waals surface area contributed by atoms with E-state index < -0.39 is 17.8 Å². The fraction of sp³-hybridized carbons (Fsp3) is 0.371. The van der Waals surface area contributed by atoms with Crippen LogP contribution < -0.4 is 19.5 Å². The van der Waals surface area contributed by atoms with Crippen LogP contribution in [0, 0.1) is 25.7 Å². The SMILES string of the molecule is CCCOc1ccc(C(C2C(=O)N(c3ccc(C)cc3)N=C2C)C2C(=O)N(c3ccc(C)cc3)N=C2C)c(OCCC)c1. The number of hydrogen-bond donors (Lipinski definition) is 0. The molecule has 0 spiro atoms. The maximum Gasteiger partial charge on any atom is 0.256 e. The Kier molecular flexibility index (Phi) is 8.94. The van der Waals surface area contributed by atoms with Crippen molar-refractivity contribution in [1.29, 1.82) is 0 Å². The molecule has 2 aliphatic rings. The third-order valence-corrected chi connectivity index (χ3v) is 7.92. The molecule has 3 aromatic carbocycles. The van der Waals surface area contributed by atoms with Crippen molar-refractivity contribution < 1.29 is 19.1 Å². The smallest absolute Gasteiger partial charge is 0.256 e. The van der Waals surface area contributed by atoms with Crippen LogP contribution in [0.15, 0.2) is 76.9 Å². The van der Waals surface area contributed by atoms with Crippen molar-refractivity contribution in [1.82, 2.24) is 0 Å². The van der Waals surface area contributed by atoms with Crippen molar-refractivity contribution in [2.24, 2.45) is 22.0 Å². The van der Waals surface area contributed by atoms with Crippen LogP contribution >= 0.6 is 0 Å². The van der Waals surface area contributed by atoms with Crippen molar-refractivity contribution in [3.63, 3.8) is 0 Å². The minimum absolute atomic E-state index is 0.187. The molecule has 0 aromatic heterocycles. The third-order valence-electron chi connectivity index (χ3n) is 7.92. The van der Waals surface area contributed by atoms with E-state index in [0.717, 1.165) is 29.5 Å². The van der Waals surface area contributed by atoms with E-state index in [0.29, 0.717) is 47.5 Å². The zero-order chi connectivity index (χ0) is 30.7. The van der Waals surface area contributed by atoms with Crippen molar-refractivity contribution in [3.8, 4) is 11.5 Å². The number of amides is 2. The molecule has 8 nitrogen and oxygen atoms in total. The van der Waals surface area contributed by atoms with Crippen LogP contribution in [0.4, 0.5) is 11.4 Å². The van der Waals surface area contributed by atoms with Gasteiger partial charge < -0.3 is 9.47 Å². The first-order valence-electron chi connectivity index (χ1n) is 15.0. The minimum Gasteiger partial charge on any atom is -0.493 e. The number of rotatable bonds is 11. The van der Waals surface area contributed by atoms with E-state index in [-0.39, 0.29) is 11.8 Å². The molecule has 224 valence electrons. The summed E-state index contributed by atoms with van der Waals surface area (Å²) in [7, 11) is 0. The normalized spacial score (nSPS) is 19.0. The van der Waals surface area contributed by atoms with Crippen molar-refractivity contribution in [2.45, 2.75) is 60.3 Å². The molecule has 0 radical (unpaired) electrons. The zero-order valence-electron chi connectivity index (χ0n) is 25.8. The number of carbonyl (C=O) groups is 2. The lowest BCUT2D eigenvalue weighted by Crippen LogP contribution is -2.40. The van der Waals surface area contributed by atoms with E-state index in [1.165, 1.54) is 10.0 Å². The largest absolute Gasteiger partial charge is 0.493 e. The Hall–Kier alpha value is -4.46. The van der Waals surface area contributed by atoms with Crippen molar-refractivity contribution in [2.75, 3.05) is 23.2 Å². The highest BCUT2D eigenvalue weighted by molar-refractivity contribution is 6.19. The van der Waals surface area contributed by atoms with Crippen LogP contribution in [-0.4, -0.2) is 36.5 Å². The molecule has 43 heavy (non-hydrogen) atoms. The summed E-state index contributed by atoms with van der Waals surface area (Å²) < 4.78 is 12.2. The third kappa shape index (κ3) is 6.05. The average molecular weight is 581 g/mol. The van der Waals surface area contributed by atoms with E-state index in [2.05, 4.69) is 6.92 Å². The number of hydrogen-bond acceptors (Lipinski definition) is 6. The summed E-state index contributed by atoms with van der Waals surface area (Å²) in [6, 6.07) is 21.1. The van der Waals surface area contributed by atoms with E-state index in [4.69, 9.17) is 19.7 Å². The second-order valence-electron chi connectivity index (χ2n) is 11.3. The van der Waals surface area contributed by atoms with Gasteiger partial charge in [-0.15, -0.1) is 0 Å². The molecular weight excluding hydrogens is 540 g/mol. The summed E-state index contributed by atoms with van der Waals surface area (Å²) in [5.74, 6) is -1.10. The topological polar surface area (TPSA) is 83.8 Å². The van der Waals surface area contributed by atoms with Gasteiger partial charge in [0.1, 0.15) is 11.5 Å². The molecule has 2 amide bonds. The van der Waals surface area contributed by atoms with Gasteiger partial charge in [0.15, 0.2) is 0 Å². The molecule has 2 unspecified atom stereocenters. The summed E-state index contributed by atoms with van der Waals surface area (Å²) >= 11 is 0. The van der Waals surface area contributed by atoms with Gasteiger partial charge in [-0.05, 0) is 76.4 Å². The molecule has 2 aliphatic heterocycles.